The first-order chi connectivity index (χ1) is 10.1. The number of benzene rings is 1. The molecule has 4 nitrogen and oxygen atoms in total. The molecule has 0 atom stereocenters. The summed E-state index contributed by atoms with van der Waals surface area (Å²) in [4.78, 5) is 13.7. The highest BCUT2D eigenvalue weighted by Gasteiger charge is 2.11. The zero-order valence-corrected chi connectivity index (χ0v) is 12.5. The molecule has 0 spiro atoms. The van der Waals surface area contributed by atoms with Gasteiger partial charge in [0.25, 0.3) is 0 Å². The maximum atomic E-state index is 6.04. The van der Waals surface area contributed by atoms with Crippen LogP contribution < -0.4 is 5.73 Å². The van der Waals surface area contributed by atoms with Crippen molar-refractivity contribution in [2.75, 3.05) is 5.73 Å². The van der Waals surface area contributed by atoms with Crippen LogP contribution in [-0.2, 0) is 6.42 Å². The average molecular weight is 278 g/mol. The van der Waals surface area contributed by atoms with E-state index in [-0.39, 0.29) is 0 Å². The van der Waals surface area contributed by atoms with Crippen LogP contribution in [0.15, 0.2) is 30.3 Å². The van der Waals surface area contributed by atoms with Crippen molar-refractivity contribution in [2.45, 2.75) is 27.2 Å². The first-order valence-corrected chi connectivity index (χ1v) is 7.10. The first-order valence-electron chi connectivity index (χ1n) is 7.10. The summed E-state index contributed by atoms with van der Waals surface area (Å²) >= 11 is 0. The van der Waals surface area contributed by atoms with Gasteiger partial charge in [-0.25, -0.2) is 15.0 Å². The Morgan fingerprint density at radius 2 is 1.81 bits per heavy atom. The van der Waals surface area contributed by atoms with Crippen molar-refractivity contribution in [1.29, 1.82) is 0 Å². The average Bonchev–Trinajstić information content (AvgIpc) is 2.47. The molecule has 0 unspecified atom stereocenters. The van der Waals surface area contributed by atoms with E-state index < -0.39 is 0 Å². The van der Waals surface area contributed by atoms with Gasteiger partial charge in [-0.15, -0.1) is 0 Å². The van der Waals surface area contributed by atoms with Crippen molar-refractivity contribution in [3.05, 3.63) is 47.2 Å². The number of nitrogen functional groups attached to an aromatic ring is 1. The third-order valence-electron chi connectivity index (χ3n) is 3.75. The largest absolute Gasteiger partial charge is 0.383 e. The number of pyridine rings is 1. The Hall–Kier alpha value is -2.49. The number of aromatic nitrogens is 3. The van der Waals surface area contributed by atoms with E-state index in [0.29, 0.717) is 11.6 Å². The first kappa shape index (κ1) is 13.5. The minimum Gasteiger partial charge on any atom is -0.383 e. The van der Waals surface area contributed by atoms with Crippen LogP contribution in [0.1, 0.15) is 23.7 Å². The zero-order valence-electron chi connectivity index (χ0n) is 12.5. The van der Waals surface area contributed by atoms with Gasteiger partial charge in [0.1, 0.15) is 11.5 Å². The molecule has 0 aliphatic heterocycles. The fraction of sp³-hybridized carbons (Fsp3) is 0.235. The standard InChI is InChI=1S/C17H18N4/c1-4-12-11(3)19-17(21-16(12)18)15-9-10(2)13-7-5-6-8-14(13)20-15/h5-9H,4H2,1-3H3,(H2,18,19,21). The number of rotatable bonds is 2. The van der Waals surface area contributed by atoms with Crippen LogP contribution in [0.25, 0.3) is 22.4 Å². The number of para-hydroxylation sites is 1. The van der Waals surface area contributed by atoms with E-state index in [4.69, 9.17) is 5.73 Å². The molecule has 2 heterocycles. The topological polar surface area (TPSA) is 64.7 Å². The van der Waals surface area contributed by atoms with Gasteiger partial charge in [0.15, 0.2) is 5.82 Å². The number of aryl methyl sites for hydroxylation is 2. The SMILES string of the molecule is CCc1c(C)nc(-c2cc(C)c3ccccc3n2)nc1N. The third kappa shape index (κ3) is 2.33. The summed E-state index contributed by atoms with van der Waals surface area (Å²) in [7, 11) is 0. The fourth-order valence-electron chi connectivity index (χ4n) is 2.63. The molecule has 21 heavy (non-hydrogen) atoms. The summed E-state index contributed by atoms with van der Waals surface area (Å²) in [6.45, 7) is 6.10. The van der Waals surface area contributed by atoms with Crippen LogP contribution in [-0.4, -0.2) is 15.0 Å². The molecule has 106 valence electrons. The van der Waals surface area contributed by atoms with Crippen LogP contribution in [0.4, 0.5) is 5.82 Å². The molecule has 1 aromatic carbocycles. The number of hydrogen-bond acceptors (Lipinski definition) is 4. The van der Waals surface area contributed by atoms with Crippen molar-refractivity contribution >= 4 is 16.7 Å². The van der Waals surface area contributed by atoms with Crippen LogP contribution in [0.5, 0.6) is 0 Å². The third-order valence-corrected chi connectivity index (χ3v) is 3.75. The smallest absolute Gasteiger partial charge is 0.180 e. The van der Waals surface area contributed by atoms with Crippen LogP contribution in [0.2, 0.25) is 0 Å². The minimum atomic E-state index is 0.549. The van der Waals surface area contributed by atoms with Crippen molar-refractivity contribution < 1.29 is 0 Å². The molecule has 2 aromatic heterocycles. The van der Waals surface area contributed by atoms with Crippen LogP contribution in [0.3, 0.4) is 0 Å². The van der Waals surface area contributed by atoms with Gasteiger partial charge < -0.3 is 5.73 Å². The summed E-state index contributed by atoms with van der Waals surface area (Å²) in [5, 5.41) is 1.15. The van der Waals surface area contributed by atoms with E-state index in [0.717, 1.165) is 39.8 Å². The fourth-order valence-corrected chi connectivity index (χ4v) is 2.63. The molecule has 3 aromatic rings. The van der Waals surface area contributed by atoms with Gasteiger partial charge in [0.05, 0.1) is 5.52 Å². The summed E-state index contributed by atoms with van der Waals surface area (Å²) in [6, 6.07) is 10.1. The normalized spacial score (nSPS) is 11.0. The van der Waals surface area contributed by atoms with Gasteiger partial charge in [-0.2, -0.15) is 0 Å². The Balaban J connectivity index is 2.21. The van der Waals surface area contributed by atoms with E-state index in [9.17, 15) is 0 Å². The Bertz CT molecular complexity index is 801. The van der Waals surface area contributed by atoms with E-state index in [2.05, 4.69) is 34.9 Å². The highest BCUT2D eigenvalue weighted by atomic mass is 15.0. The van der Waals surface area contributed by atoms with Crippen molar-refractivity contribution in [3.8, 4) is 11.5 Å². The maximum Gasteiger partial charge on any atom is 0.180 e. The second-order valence-electron chi connectivity index (χ2n) is 5.19. The summed E-state index contributed by atoms with van der Waals surface area (Å²) < 4.78 is 0. The van der Waals surface area contributed by atoms with Crippen LogP contribution >= 0.6 is 0 Å². The molecule has 0 saturated carbocycles. The van der Waals surface area contributed by atoms with E-state index in [1.165, 1.54) is 0 Å². The second-order valence-corrected chi connectivity index (χ2v) is 5.19. The van der Waals surface area contributed by atoms with Gasteiger partial charge in [0.2, 0.25) is 0 Å². The number of nitrogens with two attached hydrogens (primary N) is 1. The molecule has 0 aliphatic carbocycles. The molecule has 0 amide bonds. The lowest BCUT2D eigenvalue weighted by molar-refractivity contribution is 1.00. The zero-order chi connectivity index (χ0) is 15.0. The van der Waals surface area contributed by atoms with Gasteiger partial charge in [-0.3, -0.25) is 0 Å². The summed E-state index contributed by atoms with van der Waals surface area (Å²) in [5.41, 5.74) is 10.9. The molecule has 0 aliphatic rings. The van der Waals surface area contributed by atoms with Gasteiger partial charge in [-0.05, 0) is 38.0 Å². The number of nitrogens with zero attached hydrogens (tertiary/aromatic N) is 3. The van der Waals surface area contributed by atoms with Gasteiger partial charge in [0, 0.05) is 16.6 Å². The second kappa shape index (κ2) is 5.13. The van der Waals surface area contributed by atoms with Gasteiger partial charge in [-0.1, -0.05) is 25.1 Å². The summed E-state index contributed by atoms with van der Waals surface area (Å²) in [5.74, 6) is 1.14. The molecule has 0 fully saturated rings. The highest BCUT2D eigenvalue weighted by Crippen LogP contribution is 2.24. The molecule has 3 rings (SSSR count). The molecular weight excluding hydrogens is 260 g/mol. The number of hydrogen-bond donors (Lipinski definition) is 1. The van der Waals surface area contributed by atoms with Gasteiger partial charge >= 0.3 is 0 Å². The molecule has 0 radical (unpaired) electrons. The molecule has 0 bridgehead atoms. The Morgan fingerprint density at radius 1 is 1.05 bits per heavy atom. The van der Waals surface area contributed by atoms with E-state index in [1.807, 2.05) is 31.2 Å². The monoisotopic (exact) mass is 278 g/mol. The maximum absolute atomic E-state index is 6.04. The molecule has 4 heteroatoms. The molecule has 0 saturated heterocycles. The highest BCUT2D eigenvalue weighted by molar-refractivity contribution is 5.84. The summed E-state index contributed by atoms with van der Waals surface area (Å²) in [6.07, 6.45) is 0.835. The predicted molar refractivity (Wildman–Crippen MR) is 86.0 cm³/mol. The predicted octanol–water partition coefficient (Wildman–Crippen LogP) is 3.45. The van der Waals surface area contributed by atoms with Crippen molar-refractivity contribution in [3.63, 3.8) is 0 Å². The molecular formula is C17H18N4. The van der Waals surface area contributed by atoms with Crippen molar-refractivity contribution in [2.24, 2.45) is 0 Å². The minimum absolute atomic E-state index is 0.549. The Labute approximate surface area is 124 Å². The number of anilines is 1. The quantitative estimate of drug-likeness (QED) is 0.779. The number of fused-ring (bicyclic) bond motifs is 1. The Kier molecular flexibility index (Phi) is 3.29. The van der Waals surface area contributed by atoms with Crippen molar-refractivity contribution in [1.82, 2.24) is 15.0 Å². The van der Waals surface area contributed by atoms with E-state index >= 15 is 0 Å². The van der Waals surface area contributed by atoms with E-state index in [1.54, 1.807) is 0 Å². The lowest BCUT2D eigenvalue weighted by Gasteiger charge is -2.10. The lowest BCUT2D eigenvalue weighted by Crippen LogP contribution is -2.05. The lowest BCUT2D eigenvalue weighted by atomic mass is 10.1. The van der Waals surface area contributed by atoms with Crippen LogP contribution in [0, 0.1) is 13.8 Å². The Morgan fingerprint density at radius 3 is 2.52 bits per heavy atom. The molecule has 2 N–H and O–H groups in total.